The van der Waals surface area contributed by atoms with Crippen molar-refractivity contribution in [2.24, 2.45) is 0 Å². The molecule has 2 aliphatic rings. The minimum Gasteiger partial charge on any atom is -0.337 e. The maximum Gasteiger partial charge on any atom is 0.299 e. The summed E-state index contributed by atoms with van der Waals surface area (Å²) in [6.45, 7) is -0.0270. The molecule has 21 heavy (non-hydrogen) atoms. The Morgan fingerprint density at radius 3 is 2.90 bits per heavy atom. The molecule has 1 saturated carbocycles. The zero-order valence-corrected chi connectivity index (χ0v) is 10.9. The molecule has 7 heteroatoms. The second-order valence-corrected chi connectivity index (χ2v) is 5.20. The van der Waals surface area contributed by atoms with Crippen molar-refractivity contribution in [2.45, 2.75) is 25.3 Å². The second-order valence-electron chi connectivity index (χ2n) is 5.20. The molecule has 0 saturated heterocycles. The van der Waals surface area contributed by atoms with Gasteiger partial charge in [0.25, 0.3) is 11.7 Å². The molecule has 0 unspecified atom stereocenters. The Hall–Kier alpha value is -2.57. The fraction of sp³-hybridized carbons (Fsp3) is 0.286. The average molecular weight is 287 g/mol. The standard InChI is InChI=1S/C14H10FN3O3/c15-8-3-4-9-10(5-8)18(14(20)12(9)19)6-11-16-13(17-21-11)7-1-2-7/h3-5,7H,1-2,6H2. The maximum atomic E-state index is 13.3. The number of nitrogens with zero attached hydrogens (tertiary/aromatic N) is 3. The van der Waals surface area contributed by atoms with Gasteiger partial charge in [0, 0.05) is 5.92 Å². The largest absolute Gasteiger partial charge is 0.337 e. The van der Waals surface area contributed by atoms with E-state index in [1.807, 2.05) is 0 Å². The average Bonchev–Trinajstić information content (AvgIpc) is 3.18. The zero-order chi connectivity index (χ0) is 14.6. The van der Waals surface area contributed by atoms with E-state index >= 15 is 0 Å². The Kier molecular flexibility index (Phi) is 2.44. The number of carbonyl (C=O) groups is 2. The van der Waals surface area contributed by atoms with Crippen molar-refractivity contribution in [3.05, 3.63) is 41.3 Å². The minimum absolute atomic E-state index is 0.0270. The quantitative estimate of drug-likeness (QED) is 0.805. The van der Waals surface area contributed by atoms with Gasteiger partial charge < -0.3 is 4.52 Å². The highest BCUT2D eigenvalue weighted by atomic mass is 19.1. The van der Waals surface area contributed by atoms with Gasteiger partial charge in [-0.05, 0) is 31.0 Å². The van der Waals surface area contributed by atoms with Crippen LogP contribution in [-0.2, 0) is 11.3 Å². The van der Waals surface area contributed by atoms with E-state index in [-0.39, 0.29) is 23.7 Å². The Morgan fingerprint density at radius 2 is 2.14 bits per heavy atom. The summed E-state index contributed by atoms with van der Waals surface area (Å²) in [5.41, 5.74) is 0.444. The third-order valence-corrected chi connectivity index (χ3v) is 3.65. The Bertz CT molecular complexity index is 767. The number of ketones is 1. The molecule has 0 spiro atoms. The molecular formula is C14H10FN3O3. The molecule has 4 rings (SSSR count). The number of anilines is 1. The van der Waals surface area contributed by atoms with E-state index < -0.39 is 17.5 Å². The van der Waals surface area contributed by atoms with Crippen LogP contribution in [0.15, 0.2) is 22.7 Å². The fourth-order valence-electron chi connectivity index (χ4n) is 2.40. The van der Waals surface area contributed by atoms with Crippen molar-refractivity contribution >= 4 is 17.4 Å². The molecule has 1 aromatic carbocycles. The highest BCUT2D eigenvalue weighted by Gasteiger charge is 2.37. The Labute approximate surface area is 118 Å². The van der Waals surface area contributed by atoms with Crippen LogP contribution < -0.4 is 4.90 Å². The summed E-state index contributed by atoms with van der Waals surface area (Å²) in [5, 5.41) is 3.85. The molecule has 0 radical (unpaired) electrons. The Morgan fingerprint density at radius 1 is 1.33 bits per heavy atom. The van der Waals surface area contributed by atoms with Gasteiger partial charge in [-0.25, -0.2) is 4.39 Å². The lowest BCUT2D eigenvalue weighted by molar-refractivity contribution is -0.114. The summed E-state index contributed by atoms with van der Waals surface area (Å²) < 4.78 is 18.4. The number of carbonyl (C=O) groups excluding carboxylic acids is 2. The third-order valence-electron chi connectivity index (χ3n) is 3.65. The molecule has 2 aromatic rings. The van der Waals surface area contributed by atoms with E-state index in [1.165, 1.54) is 11.0 Å². The normalized spacial score (nSPS) is 17.5. The van der Waals surface area contributed by atoms with E-state index in [2.05, 4.69) is 10.1 Å². The summed E-state index contributed by atoms with van der Waals surface area (Å²) in [6, 6.07) is 3.63. The van der Waals surface area contributed by atoms with Gasteiger partial charge in [-0.3, -0.25) is 14.5 Å². The number of hydrogen-bond donors (Lipinski definition) is 0. The van der Waals surface area contributed by atoms with Gasteiger partial charge in [-0.2, -0.15) is 4.98 Å². The molecular weight excluding hydrogens is 277 g/mol. The monoisotopic (exact) mass is 287 g/mol. The van der Waals surface area contributed by atoms with Gasteiger partial charge in [0.1, 0.15) is 12.4 Å². The van der Waals surface area contributed by atoms with Gasteiger partial charge in [-0.15, -0.1) is 0 Å². The number of Topliss-reactive ketones (excluding diaryl/α,β-unsaturated/α-hetero) is 1. The van der Waals surface area contributed by atoms with Crippen molar-refractivity contribution in [3.63, 3.8) is 0 Å². The maximum absolute atomic E-state index is 13.3. The van der Waals surface area contributed by atoms with Crippen LogP contribution in [0.3, 0.4) is 0 Å². The molecule has 2 heterocycles. The first-order valence-electron chi connectivity index (χ1n) is 6.61. The van der Waals surface area contributed by atoms with E-state index in [9.17, 15) is 14.0 Å². The molecule has 1 aromatic heterocycles. The van der Waals surface area contributed by atoms with Crippen LogP contribution in [-0.4, -0.2) is 21.8 Å². The number of hydrogen-bond acceptors (Lipinski definition) is 5. The number of fused-ring (bicyclic) bond motifs is 1. The van der Waals surface area contributed by atoms with Crippen molar-refractivity contribution in [1.29, 1.82) is 0 Å². The summed E-state index contributed by atoms with van der Waals surface area (Å²) in [4.78, 5) is 29.2. The highest BCUT2D eigenvalue weighted by Crippen LogP contribution is 2.38. The van der Waals surface area contributed by atoms with Crippen LogP contribution >= 0.6 is 0 Å². The molecule has 1 amide bonds. The van der Waals surface area contributed by atoms with Gasteiger partial charge in [0.2, 0.25) is 5.89 Å². The summed E-state index contributed by atoms with van der Waals surface area (Å²) in [5.74, 6) is -0.653. The van der Waals surface area contributed by atoms with Gasteiger partial charge >= 0.3 is 0 Å². The second kappa shape index (κ2) is 4.21. The lowest BCUT2D eigenvalue weighted by atomic mass is 10.1. The molecule has 106 valence electrons. The van der Waals surface area contributed by atoms with Crippen LogP contribution in [0.4, 0.5) is 10.1 Å². The molecule has 1 fully saturated rings. The predicted molar refractivity (Wildman–Crippen MR) is 68.2 cm³/mol. The van der Waals surface area contributed by atoms with Gasteiger partial charge in [0.05, 0.1) is 11.3 Å². The van der Waals surface area contributed by atoms with Crippen LogP contribution in [0.5, 0.6) is 0 Å². The topological polar surface area (TPSA) is 76.3 Å². The molecule has 1 aliphatic carbocycles. The van der Waals surface area contributed by atoms with E-state index in [1.54, 1.807) is 0 Å². The molecule has 0 atom stereocenters. The fourth-order valence-corrected chi connectivity index (χ4v) is 2.40. The first-order valence-corrected chi connectivity index (χ1v) is 6.61. The van der Waals surface area contributed by atoms with E-state index in [0.717, 1.165) is 25.0 Å². The molecule has 1 aliphatic heterocycles. The lowest BCUT2D eigenvalue weighted by Crippen LogP contribution is -2.29. The number of benzene rings is 1. The van der Waals surface area contributed by atoms with Crippen molar-refractivity contribution in [2.75, 3.05) is 4.90 Å². The van der Waals surface area contributed by atoms with Gasteiger partial charge in [-0.1, -0.05) is 5.16 Å². The highest BCUT2D eigenvalue weighted by molar-refractivity contribution is 6.52. The zero-order valence-electron chi connectivity index (χ0n) is 10.9. The number of rotatable bonds is 3. The summed E-state index contributed by atoms with van der Waals surface area (Å²) in [7, 11) is 0. The van der Waals surface area contributed by atoms with E-state index in [4.69, 9.17) is 4.52 Å². The third kappa shape index (κ3) is 1.93. The van der Waals surface area contributed by atoms with Gasteiger partial charge in [0.15, 0.2) is 5.82 Å². The van der Waals surface area contributed by atoms with E-state index in [0.29, 0.717) is 11.7 Å². The number of amides is 1. The number of aromatic nitrogens is 2. The van der Waals surface area contributed by atoms with Crippen molar-refractivity contribution in [3.8, 4) is 0 Å². The summed E-state index contributed by atoms with van der Waals surface area (Å²) in [6.07, 6.45) is 2.07. The SMILES string of the molecule is O=C1C(=O)N(Cc2nc(C3CC3)no2)c2cc(F)ccc21. The van der Waals surface area contributed by atoms with Crippen LogP contribution in [0, 0.1) is 5.82 Å². The molecule has 0 N–H and O–H groups in total. The lowest BCUT2D eigenvalue weighted by Gasteiger charge is -2.13. The molecule has 6 nitrogen and oxygen atoms in total. The minimum atomic E-state index is -0.707. The predicted octanol–water partition coefficient (Wildman–Crippen LogP) is 1.82. The first-order chi connectivity index (χ1) is 10.1. The van der Waals surface area contributed by atoms with Crippen molar-refractivity contribution in [1.82, 2.24) is 10.1 Å². The first kappa shape index (κ1) is 12.2. The van der Waals surface area contributed by atoms with Crippen LogP contribution in [0.2, 0.25) is 0 Å². The van der Waals surface area contributed by atoms with Crippen LogP contribution in [0.1, 0.15) is 40.8 Å². The smallest absolute Gasteiger partial charge is 0.299 e. The van der Waals surface area contributed by atoms with Crippen LogP contribution in [0.25, 0.3) is 0 Å². The molecule has 0 bridgehead atoms. The Balaban J connectivity index is 1.66. The van der Waals surface area contributed by atoms with Crippen molar-refractivity contribution < 1.29 is 18.5 Å². The number of halogens is 1. The summed E-state index contributed by atoms with van der Waals surface area (Å²) >= 11 is 0.